The van der Waals surface area contributed by atoms with Crippen molar-refractivity contribution in [1.82, 2.24) is 4.98 Å². The van der Waals surface area contributed by atoms with Crippen molar-refractivity contribution >= 4 is 40.0 Å². The number of anilines is 1. The molecule has 3 rings (SSSR count). The van der Waals surface area contributed by atoms with Gasteiger partial charge in [-0.25, -0.2) is 0 Å². The number of carboxylic acid groups (broad SMARTS) is 2. The van der Waals surface area contributed by atoms with Gasteiger partial charge in [-0.15, -0.1) is 0 Å². The number of aryl methyl sites for hydroxylation is 1. The van der Waals surface area contributed by atoms with Crippen LogP contribution in [0.1, 0.15) is 5.69 Å². The molecule has 27 heavy (non-hydrogen) atoms. The maximum absolute atomic E-state index is 9.41. The van der Waals surface area contributed by atoms with Crippen LogP contribution in [-0.4, -0.2) is 16.9 Å². The third-order valence-electron chi connectivity index (χ3n) is 3.65. The lowest BCUT2D eigenvalue weighted by Crippen LogP contribution is -2.23. The van der Waals surface area contributed by atoms with Gasteiger partial charge in [0.25, 0.3) is 0 Å². The second-order valence-electron chi connectivity index (χ2n) is 5.51. The molecule has 1 heterocycles. The lowest BCUT2D eigenvalue weighted by Gasteiger charge is -2.11. The molecule has 0 atom stereocenters. The van der Waals surface area contributed by atoms with Crippen LogP contribution in [0.25, 0.3) is 21.9 Å². The molecule has 0 radical (unpaired) electrons. The lowest BCUT2D eigenvalue weighted by atomic mass is 9.97. The highest BCUT2D eigenvalue weighted by atomic mass is 35.5. The normalized spacial score (nSPS) is 10.4. The summed E-state index contributed by atoms with van der Waals surface area (Å²) >= 11 is 5.95. The molecule has 0 aliphatic carbocycles. The minimum Gasteiger partial charge on any atom is -0.545 e. The summed E-state index contributed by atoms with van der Waals surface area (Å²) in [4.78, 5) is 23.3. The van der Waals surface area contributed by atoms with Gasteiger partial charge in [0, 0.05) is 33.6 Å². The number of nitrogens with two attached hydrogens (primary N) is 1. The summed E-state index contributed by atoms with van der Waals surface area (Å²) < 4.78 is 0. The van der Waals surface area contributed by atoms with E-state index in [4.69, 9.17) is 17.3 Å². The Hall–Kier alpha value is -3.38. The van der Waals surface area contributed by atoms with E-state index in [2.05, 4.69) is 11.1 Å². The minimum absolute atomic E-state index is 0.384. The number of rotatable bonds is 3. The summed E-state index contributed by atoms with van der Waals surface area (Å²) in [6, 6.07) is 13.7. The summed E-state index contributed by atoms with van der Waals surface area (Å²) in [5.74, 6) is -3.09. The fraction of sp³-hybridized carbons (Fsp3) is 0.0500. The average molecular weight is 383 g/mol. The Labute approximate surface area is 160 Å². The standard InChI is InChI=1S/C16H13ClN2.C4H4O4/c1-10-16(11-5-7-12(17)8-6-11)13-3-2-4-15(18)14(13)9-19-10;5-3(6)1-2-4(7)8/h2-9H,18H2,1H3;1-2H,(H,5,6)(H,7,8)/p-2/b;2-1-. The molecular formula is C20H15ClN2O4-2. The predicted octanol–water partition coefficient (Wildman–Crippen LogP) is 1.49. The van der Waals surface area contributed by atoms with Gasteiger partial charge in [0.05, 0.1) is 11.9 Å². The van der Waals surface area contributed by atoms with Crippen LogP contribution < -0.4 is 15.9 Å². The zero-order valence-corrected chi connectivity index (χ0v) is 15.1. The van der Waals surface area contributed by atoms with Gasteiger partial charge in [-0.2, -0.15) is 0 Å². The van der Waals surface area contributed by atoms with E-state index >= 15 is 0 Å². The van der Waals surface area contributed by atoms with Crippen molar-refractivity contribution in [1.29, 1.82) is 0 Å². The van der Waals surface area contributed by atoms with Crippen LogP contribution >= 0.6 is 11.6 Å². The third-order valence-corrected chi connectivity index (χ3v) is 3.90. The molecule has 0 aliphatic heterocycles. The van der Waals surface area contributed by atoms with Gasteiger partial charge >= 0.3 is 0 Å². The predicted molar refractivity (Wildman–Crippen MR) is 100 cm³/mol. The molecule has 0 amide bonds. The molecule has 0 bridgehead atoms. The second kappa shape index (κ2) is 8.82. The number of nitrogen functional groups attached to an aromatic ring is 1. The molecule has 1 aromatic heterocycles. The van der Waals surface area contributed by atoms with Crippen molar-refractivity contribution in [2.75, 3.05) is 5.73 Å². The van der Waals surface area contributed by atoms with Crippen molar-refractivity contribution in [2.45, 2.75) is 6.92 Å². The highest BCUT2D eigenvalue weighted by Gasteiger charge is 2.09. The number of carboxylic acids is 2. The van der Waals surface area contributed by atoms with E-state index < -0.39 is 11.9 Å². The number of nitrogens with zero attached hydrogens (tertiary/aromatic N) is 1. The zero-order chi connectivity index (χ0) is 20.0. The maximum Gasteiger partial charge on any atom is 0.0643 e. The van der Waals surface area contributed by atoms with E-state index in [0.717, 1.165) is 38.3 Å². The molecule has 0 aliphatic rings. The van der Waals surface area contributed by atoms with Crippen LogP contribution in [0.2, 0.25) is 5.02 Å². The first-order valence-electron chi connectivity index (χ1n) is 7.79. The SMILES string of the molecule is Cc1ncc2c(N)cccc2c1-c1ccc(Cl)cc1.O=C([O-])/C=C\C(=O)[O-]. The summed E-state index contributed by atoms with van der Waals surface area (Å²) in [5.41, 5.74) is 9.97. The first-order chi connectivity index (χ1) is 12.8. The number of fused-ring (bicyclic) bond motifs is 1. The molecule has 7 heteroatoms. The van der Waals surface area contributed by atoms with Crippen LogP contribution in [0.15, 0.2) is 60.8 Å². The van der Waals surface area contributed by atoms with E-state index in [-0.39, 0.29) is 0 Å². The Kier molecular flexibility index (Phi) is 6.51. The summed E-state index contributed by atoms with van der Waals surface area (Å²) in [6.45, 7) is 2.01. The van der Waals surface area contributed by atoms with Crippen LogP contribution in [0, 0.1) is 6.92 Å². The highest BCUT2D eigenvalue weighted by Crippen LogP contribution is 2.33. The minimum atomic E-state index is -1.55. The van der Waals surface area contributed by atoms with Gasteiger partial charge in [0.2, 0.25) is 0 Å². The Morgan fingerprint density at radius 2 is 1.59 bits per heavy atom. The van der Waals surface area contributed by atoms with Crippen LogP contribution in [0.5, 0.6) is 0 Å². The lowest BCUT2D eigenvalue weighted by molar-refractivity contribution is -0.301. The van der Waals surface area contributed by atoms with E-state index in [1.54, 1.807) is 0 Å². The number of hydrogen-bond acceptors (Lipinski definition) is 6. The highest BCUT2D eigenvalue weighted by molar-refractivity contribution is 6.30. The topological polar surface area (TPSA) is 119 Å². The summed E-state index contributed by atoms with van der Waals surface area (Å²) in [7, 11) is 0. The molecule has 0 saturated heterocycles. The molecule has 6 nitrogen and oxygen atoms in total. The van der Waals surface area contributed by atoms with Gasteiger partial charge in [-0.3, -0.25) is 4.98 Å². The Morgan fingerprint density at radius 3 is 2.15 bits per heavy atom. The molecule has 2 aromatic carbocycles. The largest absolute Gasteiger partial charge is 0.545 e. The van der Waals surface area contributed by atoms with Crippen molar-refractivity contribution in [3.63, 3.8) is 0 Å². The van der Waals surface area contributed by atoms with Gasteiger partial charge in [0.1, 0.15) is 0 Å². The molecule has 0 saturated carbocycles. The van der Waals surface area contributed by atoms with E-state index in [1.165, 1.54) is 0 Å². The molecule has 2 N–H and O–H groups in total. The fourth-order valence-electron chi connectivity index (χ4n) is 2.48. The number of carbonyl (C=O) groups excluding carboxylic acids is 2. The van der Waals surface area contributed by atoms with E-state index in [0.29, 0.717) is 12.2 Å². The van der Waals surface area contributed by atoms with Crippen molar-refractivity contribution in [3.05, 3.63) is 71.5 Å². The van der Waals surface area contributed by atoms with Crippen molar-refractivity contribution in [2.24, 2.45) is 0 Å². The maximum atomic E-state index is 9.41. The Morgan fingerprint density at radius 1 is 1.00 bits per heavy atom. The number of pyridine rings is 1. The summed E-state index contributed by atoms with van der Waals surface area (Å²) in [6.07, 6.45) is 2.60. The number of hydrogen-bond donors (Lipinski definition) is 1. The zero-order valence-electron chi connectivity index (χ0n) is 14.3. The Bertz CT molecular complexity index is 998. The van der Waals surface area contributed by atoms with Crippen molar-refractivity contribution in [3.8, 4) is 11.1 Å². The smallest absolute Gasteiger partial charge is 0.0643 e. The summed E-state index contributed by atoms with van der Waals surface area (Å²) in [5, 5.41) is 21.7. The van der Waals surface area contributed by atoms with Gasteiger partial charge in [-0.05, 0) is 48.2 Å². The van der Waals surface area contributed by atoms with E-state index in [1.807, 2.05) is 49.5 Å². The van der Waals surface area contributed by atoms with Crippen molar-refractivity contribution < 1.29 is 19.8 Å². The number of aromatic nitrogens is 1. The van der Waals surface area contributed by atoms with Crippen LogP contribution in [-0.2, 0) is 9.59 Å². The molecular weight excluding hydrogens is 368 g/mol. The van der Waals surface area contributed by atoms with Gasteiger partial charge in [-0.1, -0.05) is 35.9 Å². The molecule has 138 valence electrons. The third kappa shape index (κ3) is 5.29. The molecule has 0 spiro atoms. The number of benzene rings is 2. The van der Waals surface area contributed by atoms with Gasteiger partial charge in [0.15, 0.2) is 0 Å². The molecule has 0 fully saturated rings. The monoisotopic (exact) mass is 382 g/mol. The number of halogens is 1. The molecule has 3 aromatic rings. The second-order valence-corrected chi connectivity index (χ2v) is 5.94. The van der Waals surface area contributed by atoms with Gasteiger partial charge < -0.3 is 25.5 Å². The molecule has 0 unspecified atom stereocenters. The first kappa shape index (κ1) is 19.9. The van der Waals surface area contributed by atoms with E-state index in [9.17, 15) is 19.8 Å². The average Bonchev–Trinajstić information content (AvgIpc) is 2.62. The van der Waals surface area contributed by atoms with Crippen LogP contribution in [0.3, 0.4) is 0 Å². The number of carbonyl (C=O) groups is 2. The number of aliphatic carboxylic acids is 2. The first-order valence-corrected chi connectivity index (χ1v) is 8.17. The quantitative estimate of drug-likeness (QED) is 0.541. The van der Waals surface area contributed by atoms with Crippen LogP contribution in [0.4, 0.5) is 5.69 Å². The Balaban J connectivity index is 0.000000279. The fourth-order valence-corrected chi connectivity index (χ4v) is 2.61.